The third-order valence-electron chi connectivity index (χ3n) is 5.40. The molecule has 0 radical (unpaired) electrons. The number of amides is 1. The minimum atomic E-state index is -0.133. The number of thiocarbonyl (C=S) groups is 1. The number of fused-ring (bicyclic) bond motifs is 1. The van der Waals surface area contributed by atoms with Crippen molar-refractivity contribution in [1.82, 2.24) is 9.88 Å². The molecule has 2 aromatic carbocycles. The van der Waals surface area contributed by atoms with Crippen LogP contribution in [0.5, 0.6) is 5.75 Å². The Morgan fingerprint density at radius 3 is 2.73 bits per heavy atom. The van der Waals surface area contributed by atoms with Crippen LogP contribution in [-0.4, -0.2) is 21.4 Å². The highest BCUT2D eigenvalue weighted by molar-refractivity contribution is 8.26. The molecule has 1 aliphatic heterocycles. The summed E-state index contributed by atoms with van der Waals surface area (Å²) in [5.74, 6) is 1.29. The van der Waals surface area contributed by atoms with Crippen LogP contribution < -0.4 is 10.1 Å². The monoisotopic (exact) mass is 436 g/mol. The summed E-state index contributed by atoms with van der Waals surface area (Å²) in [6.45, 7) is 5.71. The average Bonchev–Trinajstić information content (AvgIpc) is 3.27. The Hall–Kier alpha value is -2.57. The van der Waals surface area contributed by atoms with Gasteiger partial charge in [0.2, 0.25) is 0 Å². The van der Waals surface area contributed by atoms with Gasteiger partial charge < -0.3 is 14.6 Å². The fraction of sp³-hybridized carbons (Fsp3) is 0.250. The van der Waals surface area contributed by atoms with Crippen molar-refractivity contribution in [3.8, 4) is 5.75 Å². The first kappa shape index (κ1) is 20.7. The molecule has 1 aliphatic rings. The van der Waals surface area contributed by atoms with Crippen molar-refractivity contribution in [2.24, 2.45) is 0 Å². The molecule has 6 heteroatoms. The number of hydrogen-bond acceptors (Lipinski definition) is 4. The summed E-state index contributed by atoms with van der Waals surface area (Å²) in [5, 5.41) is 3.78. The molecule has 1 saturated heterocycles. The van der Waals surface area contributed by atoms with Gasteiger partial charge in [0, 0.05) is 22.7 Å². The number of nitrogens with one attached hydrogen (secondary N) is 1. The first-order valence-electron chi connectivity index (χ1n) is 10.1. The number of carbonyl (C=O) groups excluding carboxylic acids is 1. The zero-order valence-electron chi connectivity index (χ0n) is 17.1. The molecule has 0 spiro atoms. The van der Waals surface area contributed by atoms with Gasteiger partial charge in [-0.2, -0.15) is 0 Å². The maximum absolute atomic E-state index is 12.1. The van der Waals surface area contributed by atoms with E-state index in [9.17, 15) is 4.79 Å². The standard InChI is InChI=1S/C24H24N2O2S2/c1-3-16(2)18-8-5-7-11-21(18)28-13-12-26-15-17(19-9-4-6-10-20(19)26)14-22-23(27)25-24(29)30-22/h4-11,14-16H,3,12-13H2,1-2H3,(H,25,27,29)/b22-14+/t16-/m1/s1. The molecule has 1 N–H and O–H groups in total. The van der Waals surface area contributed by atoms with Crippen molar-refractivity contribution >= 4 is 51.2 Å². The summed E-state index contributed by atoms with van der Waals surface area (Å²) in [6, 6.07) is 16.5. The zero-order valence-corrected chi connectivity index (χ0v) is 18.7. The predicted octanol–water partition coefficient (Wildman–Crippen LogP) is 5.72. The van der Waals surface area contributed by atoms with E-state index in [4.69, 9.17) is 17.0 Å². The van der Waals surface area contributed by atoms with Crippen molar-refractivity contribution in [2.45, 2.75) is 32.7 Å². The largest absolute Gasteiger partial charge is 0.491 e. The summed E-state index contributed by atoms with van der Waals surface area (Å²) in [4.78, 5) is 12.7. The fourth-order valence-electron chi connectivity index (χ4n) is 3.63. The molecule has 0 saturated carbocycles. The van der Waals surface area contributed by atoms with Crippen molar-refractivity contribution in [1.29, 1.82) is 0 Å². The summed E-state index contributed by atoms with van der Waals surface area (Å²) >= 11 is 6.41. The quantitative estimate of drug-likeness (QED) is 0.380. The van der Waals surface area contributed by atoms with Crippen LogP contribution in [0, 0.1) is 0 Å². The van der Waals surface area contributed by atoms with Gasteiger partial charge in [-0.1, -0.05) is 74.2 Å². The van der Waals surface area contributed by atoms with Gasteiger partial charge in [0.25, 0.3) is 5.91 Å². The predicted molar refractivity (Wildman–Crippen MR) is 129 cm³/mol. The molecule has 3 aromatic rings. The molecule has 30 heavy (non-hydrogen) atoms. The third kappa shape index (κ3) is 4.30. The number of benzene rings is 2. The zero-order chi connectivity index (χ0) is 21.1. The Balaban J connectivity index is 1.56. The van der Waals surface area contributed by atoms with E-state index in [1.165, 1.54) is 17.3 Å². The Morgan fingerprint density at radius 1 is 1.20 bits per heavy atom. The summed E-state index contributed by atoms with van der Waals surface area (Å²) < 4.78 is 8.85. The number of ether oxygens (including phenoxy) is 1. The van der Waals surface area contributed by atoms with Crippen molar-refractivity contribution in [2.75, 3.05) is 6.61 Å². The Kier molecular flexibility index (Phi) is 6.25. The van der Waals surface area contributed by atoms with E-state index in [-0.39, 0.29) is 5.91 Å². The molecule has 4 nitrogen and oxygen atoms in total. The van der Waals surface area contributed by atoms with Gasteiger partial charge in [0.15, 0.2) is 0 Å². The summed E-state index contributed by atoms with van der Waals surface area (Å²) in [7, 11) is 0. The lowest BCUT2D eigenvalue weighted by atomic mass is 9.98. The third-order valence-corrected chi connectivity index (χ3v) is 6.56. The number of hydrogen-bond donors (Lipinski definition) is 1. The molecular weight excluding hydrogens is 412 g/mol. The minimum absolute atomic E-state index is 0.133. The fourth-order valence-corrected chi connectivity index (χ4v) is 4.67. The SMILES string of the molecule is CC[C@@H](C)c1ccccc1OCCn1cc(/C=C2/SC(=S)NC2=O)c2ccccc21. The van der Waals surface area contributed by atoms with Gasteiger partial charge in [-0.3, -0.25) is 4.79 Å². The smallest absolute Gasteiger partial charge is 0.263 e. The van der Waals surface area contributed by atoms with E-state index < -0.39 is 0 Å². The van der Waals surface area contributed by atoms with Crippen LogP contribution >= 0.6 is 24.0 Å². The topological polar surface area (TPSA) is 43.3 Å². The maximum Gasteiger partial charge on any atom is 0.263 e. The van der Waals surface area contributed by atoms with Crippen molar-refractivity contribution < 1.29 is 9.53 Å². The van der Waals surface area contributed by atoms with Crippen LogP contribution in [0.3, 0.4) is 0 Å². The highest BCUT2D eigenvalue weighted by atomic mass is 32.2. The molecule has 154 valence electrons. The molecule has 1 aromatic heterocycles. The Morgan fingerprint density at radius 2 is 1.97 bits per heavy atom. The lowest BCUT2D eigenvalue weighted by molar-refractivity contribution is -0.115. The molecule has 1 amide bonds. The van der Waals surface area contributed by atoms with E-state index in [1.54, 1.807) is 0 Å². The summed E-state index contributed by atoms with van der Waals surface area (Å²) in [5.41, 5.74) is 3.38. The number of thioether (sulfide) groups is 1. The van der Waals surface area contributed by atoms with Crippen molar-refractivity contribution in [3.05, 3.63) is 70.8 Å². The molecule has 4 rings (SSSR count). The van der Waals surface area contributed by atoms with E-state index in [2.05, 4.69) is 54.2 Å². The lowest BCUT2D eigenvalue weighted by Crippen LogP contribution is -2.17. The first-order chi connectivity index (χ1) is 14.6. The first-order valence-corrected chi connectivity index (χ1v) is 11.3. The number of para-hydroxylation sites is 2. The number of carbonyl (C=O) groups is 1. The molecule has 2 heterocycles. The van der Waals surface area contributed by atoms with E-state index in [0.29, 0.717) is 21.8 Å². The van der Waals surface area contributed by atoms with Crippen LogP contribution in [-0.2, 0) is 11.3 Å². The molecule has 0 aliphatic carbocycles. The highest BCUT2D eigenvalue weighted by Gasteiger charge is 2.22. The van der Waals surface area contributed by atoms with Crippen LogP contribution in [0.2, 0.25) is 0 Å². The van der Waals surface area contributed by atoms with Gasteiger partial charge in [0.05, 0.1) is 11.4 Å². The summed E-state index contributed by atoms with van der Waals surface area (Å²) in [6.07, 6.45) is 5.07. The Bertz CT molecular complexity index is 1130. The van der Waals surface area contributed by atoms with Crippen LogP contribution in [0.15, 0.2) is 59.6 Å². The molecule has 1 atom stereocenters. The second kappa shape index (κ2) is 9.06. The second-order valence-corrected chi connectivity index (χ2v) is 9.06. The minimum Gasteiger partial charge on any atom is -0.491 e. The second-order valence-electron chi connectivity index (χ2n) is 7.34. The molecular formula is C24H24N2O2S2. The molecule has 0 bridgehead atoms. The van der Waals surface area contributed by atoms with Crippen LogP contribution in [0.1, 0.15) is 37.3 Å². The highest BCUT2D eigenvalue weighted by Crippen LogP contribution is 2.31. The van der Waals surface area contributed by atoms with E-state index in [1.807, 2.05) is 30.3 Å². The number of rotatable bonds is 7. The van der Waals surface area contributed by atoms with Gasteiger partial charge in [0.1, 0.15) is 16.7 Å². The average molecular weight is 437 g/mol. The number of aromatic nitrogens is 1. The van der Waals surface area contributed by atoms with Crippen molar-refractivity contribution in [3.63, 3.8) is 0 Å². The molecule has 1 fully saturated rings. The van der Waals surface area contributed by atoms with Crippen LogP contribution in [0.4, 0.5) is 0 Å². The normalized spacial score (nSPS) is 16.3. The molecule has 0 unspecified atom stereocenters. The van der Waals surface area contributed by atoms with E-state index >= 15 is 0 Å². The maximum atomic E-state index is 12.1. The van der Waals surface area contributed by atoms with Gasteiger partial charge >= 0.3 is 0 Å². The van der Waals surface area contributed by atoms with Crippen LogP contribution in [0.25, 0.3) is 17.0 Å². The number of nitrogens with zero attached hydrogens (tertiary/aromatic N) is 1. The van der Waals surface area contributed by atoms with Gasteiger partial charge in [-0.25, -0.2) is 0 Å². The van der Waals surface area contributed by atoms with Gasteiger partial charge in [-0.05, 0) is 36.1 Å². The lowest BCUT2D eigenvalue weighted by Gasteiger charge is -2.16. The Labute approximate surface area is 186 Å². The van der Waals surface area contributed by atoms with Gasteiger partial charge in [-0.15, -0.1) is 0 Å². The van der Waals surface area contributed by atoms with E-state index in [0.717, 1.165) is 35.2 Å².